The molecule has 0 saturated carbocycles. The first-order valence-electron chi connectivity index (χ1n) is 8.20. The van der Waals surface area contributed by atoms with E-state index in [1.54, 1.807) is 6.08 Å². The Bertz CT molecular complexity index is 1020. The van der Waals surface area contributed by atoms with Gasteiger partial charge in [-0.05, 0) is 36.8 Å². The Labute approximate surface area is 155 Å². The quantitative estimate of drug-likeness (QED) is 0.789. The number of fused-ring (bicyclic) bond motifs is 1. The van der Waals surface area contributed by atoms with Gasteiger partial charge in [-0.2, -0.15) is 18.3 Å². The minimum atomic E-state index is -4.75. The van der Waals surface area contributed by atoms with Crippen molar-refractivity contribution >= 4 is 5.91 Å². The lowest BCUT2D eigenvalue weighted by atomic mass is 9.93. The van der Waals surface area contributed by atoms with Crippen molar-refractivity contribution in [3.05, 3.63) is 70.9 Å². The van der Waals surface area contributed by atoms with Crippen molar-refractivity contribution in [3.63, 3.8) is 0 Å². The third-order valence-electron chi connectivity index (χ3n) is 4.37. The van der Waals surface area contributed by atoms with E-state index in [-0.39, 0.29) is 24.4 Å². The van der Waals surface area contributed by atoms with Crippen LogP contribution >= 0.6 is 0 Å². The smallest absolute Gasteiger partial charge is 0.435 e. The molecule has 1 aliphatic heterocycles. The highest BCUT2D eigenvalue weighted by molar-refractivity contribution is 5.81. The first-order valence-corrected chi connectivity index (χ1v) is 8.20. The molecule has 1 fully saturated rings. The second kappa shape index (κ2) is 6.47. The molecule has 1 aromatic heterocycles. The van der Waals surface area contributed by atoms with Crippen molar-refractivity contribution in [2.24, 2.45) is 0 Å². The number of aromatic nitrogens is 2. The summed E-state index contributed by atoms with van der Waals surface area (Å²) in [5.74, 6) is -2.52. The van der Waals surface area contributed by atoms with E-state index in [4.69, 9.17) is 4.74 Å². The molecule has 4 rings (SSSR count). The van der Waals surface area contributed by atoms with E-state index in [2.05, 4.69) is 10.4 Å². The van der Waals surface area contributed by atoms with Crippen LogP contribution in [-0.2, 0) is 15.7 Å². The molecule has 5 nitrogen and oxygen atoms in total. The number of halogens is 5. The lowest BCUT2D eigenvalue weighted by Crippen LogP contribution is -2.35. The SMILES string of the molecule is O=C1COC2=CCC(c3cc(C(F)(F)F)nn3-c3ccc(F)cc3F)C=C2N1. The molecule has 1 unspecified atom stereocenters. The zero-order valence-corrected chi connectivity index (χ0v) is 14.1. The topological polar surface area (TPSA) is 56.1 Å². The molecule has 1 saturated heterocycles. The lowest BCUT2D eigenvalue weighted by molar-refractivity contribution is -0.141. The maximum atomic E-state index is 14.2. The fraction of sp³-hybridized carbons (Fsp3) is 0.222. The predicted molar refractivity (Wildman–Crippen MR) is 86.1 cm³/mol. The standard InChI is InChI=1S/C18H12F5N3O2/c19-10-2-3-13(11(20)6-10)26-14(7-16(25-26)18(21,22)23)9-1-4-15-12(5-9)24-17(27)8-28-15/h2-7,9H,1,8H2,(H,24,27). The zero-order chi connectivity index (χ0) is 20.1. The number of nitrogens with one attached hydrogen (secondary N) is 1. The number of morpholine rings is 1. The van der Waals surface area contributed by atoms with Crippen molar-refractivity contribution in [2.45, 2.75) is 18.5 Å². The normalized spacial score (nSPS) is 19.3. The number of carbonyl (C=O) groups excluding carboxylic acids is 1. The van der Waals surface area contributed by atoms with Gasteiger partial charge in [0.1, 0.15) is 17.3 Å². The molecule has 2 heterocycles. The molecule has 1 atom stereocenters. The molecule has 1 aliphatic carbocycles. The monoisotopic (exact) mass is 397 g/mol. The highest BCUT2D eigenvalue weighted by Crippen LogP contribution is 2.36. The van der Waals surface area contributed by atoms with Crippen molar-refractivity contribution in [1.82, 2.24) is 15.1 Å². The molecule has 0 radical (unpaired) electrons. The predicted octanol–water partition coefficient (Wildman–Crippen LogP) is 3.57. The summed E-state index contributed by atoms with van der Waals surface area (Å²) in [4.78, 5) is 11.5. The number of carbonyl (C=O) groups is 1. The second-order valence-electron chi connectivity index (χ2n) is 6.29. The molecule has 2 aliphatic rings. The van der Waals surface area contributed by atoms with E-state index < -0.39 is 35.3 Å². The highest BCUT2D eigenvalue weighted by Gasteiger charge is 2.37. The fourth-order valence-corrected chi connectivity index (χ4v) is 3.12. The number of nitrogens with zero attached hydrogens (tertiary/aromatic N) is 2. The van der Waals surface area contributed by atoms with Crippen LogP contribution < -0.4 is 5.32 Å². The number of rotatable bonds is 2. The number of benzene rings is 1. The van der Waals surface area contributed by atoms with Crippen LogP contribution in [0.4, 0.5) is 22.0 Å². The summed E-state index contributed by atoms with van der Waals surface area (Å²) in [7, 11) is 0. The summed E-state index contributed by atoms with van der Waals surface area (Å²) >= 11 is 0. The average Bonchev–Trinajstić information content (AvgIpc) is 3.06. The van der Waals surface area contributed by atoms with Crippen LogP contribution in [0.25, 0.3) is 5.69 Å². The summed E-state index contributed by atoms with van der Waals surface area (Å²) in [5, 5.41) is 6.08. The van der Waals surface area contributed by atoms with Gasteiger partial charge >= 0.3 is 6.18 Å². The molecule has 1 N–H and O–H groups in total. The summed E-state index contributed by atoms with van der Waals surface area (Å²) in [6.07, 6.45) is -1.34. The van der Waals surface area contributed by atoms with Crippen molar-refractivity contribution in [3.8, 4) is 5.69 Å². The largest absolute Gasteiger partial charge is 0.482 e. The van der Waals surface area contributed by atoms with Crippen LogP contribution in [0, 0.1) is 11.6 Å². The molecule has 0 spiro atoms. The molecular formula is C18H12F5N3O2. The molecule has 0 bridgehead atoms. The van der Waals surface area contributed by atoms with Crippen LogP contribution in [0.3, 0.4) is 0 Å². The van der Waals surface area contributed by atoms with Gasteiger partial charge in [0, 0.05) is 12.0 Å². The van der Waals surface area contributed by atoms with E-state index >= 15 is 0 Å². The minimum Gasteiger partial charge on any atom is -0.482 e. The average molecular weight is 397 g/mol. The van der Waals surface area contributed by atoms with Gasteiger partial charge < -0.3 is 10.1 Å². The number of alkyl halides is 3. The Balaban J connectivity index is 1.81. The Hall–Kier alpha value is -3.17. The van der Waals surface area contributed by atoms with Gasteiger partial charge in [0.25, 0.3) is 5.91 Å². The third kappa shape index (κ3) is 3.25. The summed E-state index contributed by atoms with van der Waals surface area (Å²) in [6, 6.07) is 3.34. The number of amides is 1. The van der Waals surface area contributed by atoms with Crippen molar-refractivity contribution in [1.29, 1.82) is 0 Å². The lowest BCUT2D eigenvalue weighted by Gasteiger charge is -2.26. The third-order valence-corrected chi connectivity index (χ3v) is 4.37. The first kappa shape index (κ1) is 18.2. The zero-order valence-electron chi connectivity index (χ0n) is 14.1. The van der Waals surface area contributed by atoms with Gasteiger partial charge in [-0.25, -0.2) is 13.5 Å². The van der Waals surface area contributed by atoms with Crippen LogP contribution in [-0.4, -0.2) is 22.3 Å². The van der Waals surface area contributed by atoms with Gasteiger partial charge in [0.15, 0.2) is 18.1 Å². The second-order valence-corrected chi connectivity index (χ2v) is 6.29. The number of allylic oxidation sites excluding steroid dienone is 2. The van der Waals surface area contributed by atoms with Gasteiger partial charge in [-0.1, -0.05) is 0 Å². The van der Waals surface area contributed by atoms with Crippen LogP contribution in [0.5, 0.6) is 0 Å². The van der Waals surface area contributed by atoms with Crippen LogP contribution in [0.15, 0.2) is 47.9 Å². The van der Waals surface area contributed by atoms with Gasteiger partial charge in [-0.15, -0.1) is 0 Å². The van der Waals surface area contributed by atoms with Gasteiger partial charge in [-0.3, -0.25) is 4.79 Å². The number of ether oxygens (including phenoxy) is 1. The maximum absolute atomic E-state index is 14.2. The summed E-state index contributed by atoms with van der Waals surface area (Å²) in [6.45, 7) is -0.148. The van der Waals surface area contributed by atoms with Crippen molar-refractivity contribution in [2.75, 3.05) is 6.61 Å². The molecular weight excluding hydrogens is 385 g/mol. The minimum absolute atomic E-state index is 0.0421. The Morgan fingerprint density at radius 3 is 2.71 bits per heavy atom. The number of hydrogen-bond acceptors (Lipinski definition) is 3. The van der Waals surface area contributed by atoms with E-state index in [0.29, 0.717) is 17.5 Å². The Morgan fingerprint density at radius 1 is 1.21 bits per heavy atom. The van der Waals surface area contributed by atoms with Gasteiger partial charge in [0.2, 0.25) is 0 Å². The molecule has 1 aromatic carbocycles. The summed E-state index contributed by atoms with van der Waals surface area (Å²) in [5.41, 5.74) is -1.15. The van der Waals surface area contributed by atoms with E-state index in [0.717, 1.165) is 22.9 Å². The first-order chi connectivity index (χ1) is 13.2. The fourth-order valence-electron chi connectivity index (χ4n) is 3.12. The highest BCUT2D eigenvalue weighted by atomic mass is 19.4. The molecule has 1 amide bonds. The van der Waals surface area contributed by atoms with E-state index in [9.17, 15) is 26.7 Å². The molecule has 10 heteroatoms. The van der Waals surface area contributed by atoms with Crippen LogP contribution in [0.1, 0.15) is 23.7 Å². The summed E-state index contributed by atoms with van der Waals surface area (Å²) < 4.78 is 73.2. The Kier molecular flexibility index (Phi) is 4.20. The van der Waals surface area contributed by atoms with E-state index in [1.807, 2.05) is 0 Å². The maximum Gasteiger partial charge on any atom is 0.435 e. The Morgan fingerprint density at radius 2 is 2.00 bits per heavy atom. The van der Waals surface area contributed by atoms with E-state index in [1.165, 1.54) is 6.08 Å². The molecule has 146 valence electrons. The van der Waals surface area contributed by atoms with Gasteiger partial charge in [0.05, 0.1) is 11.4 Å². The number of hydrogen-bond donors (Lipinski definition) is 1. The van der Waals surface area contributed by atoms with Crippen LogP contribution in [0.2, 0.25) is 0 Å². The molecule has 2 aromatic rings. The molecule has 28 heavy (non-hydrogen) atoms. The van der Waals surface area contributed by atoms with Crippen molar-refractivity contribution < 1.29 is 31.5 Å².